The van der Waals surface area contributed by atoms with Crippen molar-refractivity contribution in [3.05, 3.63) is 162 Å². The summed E-state index contributed by atoms with van der Waals surface area (Å²) in [6.45, 7) is 0. The number of para-hydroxylation sites is 2. The largest absolute Gasteiger partial charge is 0.309 e. The highest BCUT2D eigenvalue weighted by Crippen LogP contribution is 2.53. The molecule has 0 amide bonds. The monoisotopic (exact) mass is 539 g/mol. The van der Waals surface area contributed by atoms with Gasteiger partial charge in [-0.05, 0) is 74.6 Å². The van der Waals surface area contributed by atoms with Crippen LogP contribution >= 0.6 is 11.8 Å². The van der Waals surface area contributed by atoms with E-state index in [-0.39, 0.29) is 5.92 Å². The number of aromatic nitrogens is 1. The molecule has 2 heterocycles. The fourth-order valence-corrected chi connectivity index (χ4v) is 8.12. The van der Waals surface area contributed by atoms with E-state index in [1.54, 1.807) is 0 Å². The lowest BCUT2D eigenvalue weighted by molar-refractivity contribution is 0.924. The van der Waals surface area contributed by atoms with Crippen molar-refractivity contribution in [2.45, 2.75) is 15.7 Å². The number of hydrogen-bond donors (Lipinski definition) is 0. The van der Waals surface area contributed by atoms with E-state index in [0.29, 0.717) is 0 Å². The van der Waals surface area contributed by atoms with Gasteiger partial charge in [-0.15, -0.1) is 0 Å². The van der Waals surface area contributed by atoms with Crippen molar-refractivity contribution in [3.63, 3.8) is 0 Å². The molecular weight excluding hydrogens is 515 g/mol. The number of fused-ring (bicyclic) bond motifs is 9. The molecule has 0 spiro atoms. The molecule has 41 heavy (non-hydrogen) atoms. The maximum atomic E-state index is 2.40. The highest BCUT2D eigenvalue weighted by molar-refractivity contribution is 7.99. The van der Waals surface area contributed by atoms with Gasteiger partial charge in [0.25, 0.3) is 0 Å². The Morgan fingerprint density at radius 2 is 0.878 bits per heavy atom. The van der Waals surface area contributed by atoms with Crippen LogP contribution in [-0.4, -0.2) is 4.57 Å². The number of rotatable bonds is 2. The minimum Gasteiger partial charge on any atom is -0.309 e. The van der Waals surface area contributed by atoms with E-state index in [9.17, 15) is 0 Å². The van der Waals surface area contributed by atoms with Gasteiger partial charge < -0.3 is 4.57 Å². The Morgan fingerprint density at radius 3 is 1.41 bits per heavy atom. The molecule has 1 aliphatic rings. The third-order valence-corrected chi connectivity index (χ3v) is 9.88. The van der Waals surface area contributed by atoms with Crippen LogP contribution in [0.5, 0.6) is 0 Å². The second-order valence-corrected chi connectivity index (χ2v) is 12.0. The first-order valence-electron chi connectivity index (χ1n) is 14.1. The van der Waals surface area contributed by atoms with Crippen LogP contribution < -0.4 is 0 Å². The number of benzene rings is 7. The summed E-state index contributed by atoms with van der Waals surface area (Å²) in [5.74, 6) is 0.144. The quantitative estimate of drug-likeness (QED) is 0.211. The van der Waals surface area contributed by atoms with Gasteiger partial charge in [-0.3, -0.25) is 0 Å². The average Bonchev–Trinajstić information content (AvgIpc) is 3.38. The second-order valence-electron chi connectivity index (χ2n) is 10.9. The molecule has 0 fully saturated rings. The van der Waals surface area contributed by atoms with Crippen molar-refractivity contribution in [3.8, 4) is 5.69 Å². The maximum absolute atomic E-state index is 2.40. The lowest BCUT2D eigenvalue weighted by Crippen LogP contribution is -2.12. The van der Waals surface area contributed by atoms with Crippen molar-refractivity contribution in [1.82, 2.24) is 4.57 Å². The molecule has 0 saturated heterocycles. The first-order chi connectivity index (χ1) is 20.3. The van der Waals surface area contributed by atoms with Gasteiger partial charge in [0.1, 0.15) is 0 Å². The van der Waals surface area contributed by atoms with Crippen LogP contribution in [0.3, 0.4) is 0 Å². The van der Waals surface area contributed by atoms with Crippen molar-refractivity contribution in [2.24, 2.45) is 0 Å². The molecule has 0 bridgehead atoms. The normalized spacial score (nSPS) is 13.2. The zero-order chi connectivity index (χ0) is 26.9. The van der Waals surface area contributed by atoms with Crippen molar-refractivity contribution in [2.75, 3.05) is 0 Å². The minimum atomic E-state index is 0.144. The molecule has 0 unspecified atom stereocenters. The van der Waals surface area contributed by atoms with Crippen LogP contribution in [0.2, 0.25) is 0 Å². The second kappa shape index (κ2) is 8.86. The molecule has 0 saturated carbocycles. The molecule has 9 rings (SSSR count). The van der Waals surface area contributed by atoms with Gasteiger partial charge in [-0.25, -0.2) is 0 Å². The summed E-state index contributed by atoms with van der Waals surface area (Å²) < 4.78 is 2.40. The van der Waals surface area contributed by atoms with Crippen LogP contribution in [-0.2, 0) is 0 Å². The van der Waals surface area contributed by atoms with Crippen molar-refractivity contribution in [1.29, 1.82) is 0 Å². The Hall–Kier alpha value is -4.79. The smallest absolute Gasteiger partial charge is 0.0541 e. The summed E-state index contributed by atoms with van der Waals surface area (Å²) in [4.78, 5) is 2.70. The molecule has 1 aromatic heterocycles. The van der Waals surface area contributed by atoms with Gasteiger partial charge >= 0.3 is 0 Å². The highest BCUT2D eigenvalue weighted by Gasteiger charge is 2.31. The molecule has 0 aliphatic carbocycles. The van der Waals surface area contributed by atoms with Gasteiger partial charge in [0.05, 0.1) is 11.0 Å². The Balaban J connectivity index is 1.30. The Bertz CT molecular complexity index is 2150. The summed E-state index contributed by atoms with van der Waals surface area (Å²) in [6, 6.07) is 53.7. The van der Waals surface area contributed by atoms with E-state index in [0.717, 1.165) is 0 Å². The topological polar surface area (TPSA) is 4.93 Å². The van der Waals surface area contributed by atoms with E-state index in [4.69, 9.17) is 0 Å². The predicted molar refractivity (Wildman–Crippen MR) is 174 cm³/mol. The molecule has 2 heteroatoms. The summed E-state index contributed by atoms with van der Waals surface area (Å²) in [5, 5.41) is 7.85. The van der Waals surface area contributed by atoms with Crippen molar-refractivity contribution >= 4 is 55.1 Å². The lowest BCUT2D eigenvalue weighted by Gasteiger charge is -2.31. The zero-order valence-electron chi connectivity index (χ0n) is 22.3. The average molecular weight is 540 g/mol. The predicted octanol–water partition coefficient (Wildman–Crippen LogP) is 10.7. The fraction of sp³-hybridized carbons (Fsp3) is 0.0256. The van der Waals surface area contributed by atoms with E-state index >= 15 is 0 Å². The SMILES string of the molecule is c1ccc2c3c(ccc2c1)Sc1ccc2ccccc2c1C3c1ccc(-n2c3ccccc3c3ccccc32)cc1. The van der Waals surface area contributed by atoms with Gasteiger partial charge in [0.2, 0.25) is 0 Å². The Labute approximate surface area is 242 Å². The third kappa shape index (κ3) is 3.38. The van der Waals surface area contributed by atoms with Gasteiger partial charge in [0, 0.05) is 32.2 Å². The molecule has 0 N–H and O–H groups in total. The van der Waals surface area contributed by atoms with Crippen LogP contribution in [0.25, 0.3) is 49.0 Å². The van der Waals surface area contributed by atoms with Crippen molar-refractivity contribution < 1.29 is 0 Å². The van der Waals surface area contributed by atoms with Gasteiger partial charge in [0.15, 0.2) is 0 Å². The number of nitrogens with zero attached hydrogens (tertiary/aromatic N) is 1. The molecule has 0 radical (unpaired) electrons. The standard InChI is InChI=1S/C39H25NS/c1-3-11-29-25(9-1)19-23-35-38(29)37(39-30-12-4-2-10-26(30)20-24-36(39)41-35)27-17-21-28(22-18-27)40-33-15-7-5-13-31(33)32-14-6-8-16-34(32)40/h1-24,37H. The third-order valence-electron chi connectivity index (χ3n) is 8.72. The summed E-state index contributed by atoms with van der Waals surface area (Å²) in [6.07, 6.45) is 0. The highest BCUT2D eigenvalue weighted by atomic mass is 32.2. The summed E-state index contributed by atoms with van der Waals surface area (Å²) >= 11 is 1.91. The minimum absolute atomic E-state index is 0.144. The van der Waals surface area contributed by atoms with Crippen LogP contribution in [0.1, 0.15) is 22.6 Å². The zero-order valence-corrected chi connectivity index (χ0v) is 23.1. The first kappa shape index (κ1) is 23.0. The van der Waals surface area contributed by atoms with E-state index in [1.807, 2.05) is 11.8 Å². The van der Waals surface area contributed by atoms with E-state index < -0.39 is 0 Å². The summed E-state index contributed by atoms with van der Waals surface area (Å²) in [7, 11) is 0. The maximum Gasteiger partial charge on any atom is 0.0541 e. The van der Waals surface area contributed by atoms with E-state index in [1.165, 1.54) is 75.5 Å². The molecular formula is C39H25NS. The first-order valence-corrected chi connectivity index (χ1v) is 15.0. The summed E-state index contributed by atoms with van der Waals surface area (Å²) in [5.41, 5.74) is 7.83. The van der Waals surface area contributed by atoms with Crippen LogP contribution in [0.4, 0.5) is 0 Å². The Kier molecular flexibility index (Phi) is 4.96. The molecule has 7 aromatic carbocycles. The molecule has 0 atom stereocenters. The van der Waals surface area contributed by atoms with E-state index in [2.05, 4.69) is 150 Å². The number of hydrogen-bond acceptors (Lipinski definition) is 1. The van der Waals surface area contributed by atoms with Gasteiger partial charge in [-0.2, -0.15) is 0 Å². The Morgan fingerprint density at radius 1 is 0.415 bits per heavy atom. The molecule has 8 aromatic rings. The molecule has 1 nitrogen and oxygen atoms in total. The fourth-order valence-electron chi connectivity index (χ4n) is 6.94. The lowest BCUT2D eigenvalue weighted by atomic mass is 9.80. The molecule has 192 valence electrons. The molecule has 1 aliphatic heterocycles. The van der Waals surface area contributed by atoms with Crippen LogP contribution in [0.15, 0.2) is 155 Å². The van der Waals surface area contributed by atoms with Gasteiger partial charge in [-0.1, -0.05) is 121 Å². The van der Waals surface area contributed by atoms with Crippen LogP contribution in [0, 0.1) is 0 Å².